The summed E-state index contributed by atoms with van der Waals surface area (Å²) in [6.07, 6.45) is 2.78. The van der Waals surface area contributed by atoms with Gasteiger partial charge in [-0.3, -0.25) is 0 Å². The molecule has 2 rings (SSSR count). The van der Waals surface area contributed by atoms with Crippen LogP contribution in [0.2, 0.25) is 0 Å². The fraction of sp³-hybridized carbons (Fsp3) is 0.286. The quantitative estimate of drug-likeness (QED) is 0.817. The zero-order valence-corrected chi connectivity index (χ0v) is 11.0. The lowest BCUT2D eigenvalue weighted by molar-refractivity contribution is 0.0697. The molecular weight excluding hydrogens is 263 g/mol. The number of halogens is 1. The lowest BCUT2D eigenvalue weighted by Crippen LogP contribution is -2.39. The van der Waals surface area contributed by atoms with E-state index < -0.39 is 17.8 Å². The monoisotopic (exact) mass is 278 g/mol. The molecule has 0 atom stereocenters. The first-order valence-electron chi connectivity index (χ1n) is 6.22. The van der Waals surface area contributed by atoms with Crippen LogP contribution in [0.3, 0.4) is 0 Å². The maximum atomic E-state index is 13.7. The molecule has 0 saturated carbocycles. The van der Waals surface area contributed by atoms with Crippen LogP contribution in [0.1, 0.15) is 23.7 Å². The molecule has 20 heavy (non-hydrogen) atoms. The Morgan fingerprint density at radius 2 is 2.15 bits per heavy atom. The number of urea groups is 1. The predicted octanol–water partition coefficient (Wildman–Crippen LogP) is 2.71. The van der Waals surface area contributed by atoms with Gasteiger partial charge in [0.25, 0.3) is 0 Å². The molecule has 1 aliphatic heterocycles. The molecule has 0 unspecified atom stereocenters. The summed E-state index contributed by atoms with van der Waals surface area (Å²) in [5, 5.41) is 11.4. The van der Waals surface area contributed by atoms with Gasteiger partial charge in [-0.15, -0.1) is 0 Å². The summed E-state index contributed by atoms with van der Waals surface area (Å²) < 4.78 is 13.7. The fourth-order valence-corrected chi connectivity index (χ4v) is 2.10. The highest BCUT2D eigenvalue weighted by Crippen LogP contribution is 2.21. The molecule has 0 radical (unpaired) electrons. The SMILES string of the molecule is CC1=CCCN(C(=O)Nc2c(F)cccc2C(=O)O)C1. The van der Waals surface area contributed by atoms with Gasteiger partial charge in [-0.1, -0.05) is 17.7 Å². The lowest BCUT2D eigenvalue weighted by atomic mass is 10.1. The number of carbonyl (C=O) groups is 2. The normalized spacial score (nSPS) is 14.7. The minimum absolute atomic E-state index is 0.261. The van der Waals surface area contributed by atoms with Crippen molar-refractivity contribution in [2.45, 2.75) is 13.3 Å². The van der Waals surface area contributed by atoms with Crippen molar-refractivity contribution in [2.75, 3.05) is 18.4 Å². The van der Waals surface area contributed by atoms with Crippen LogP contribution in [0.5, 0.6) is 0 Å². The van der Waals surface area contributed by atoms with Crippen molar-refractivity contribution < 1.29 is 19.1 Å². The Labute approximate surface area is 115 Å². The van der Waals surface area contributed by atoms with Crippen molar-refractivity contribution in [3.05, 3.63) is 41.2 Å². The number of anilines is 1. The predicted molar refractivity (Wildman–Crippen MR) is 72.3 cm³/mol. The van der Waals surface area contributed by atoms with E-state index in [0.29, 0.717) is 13.1 Å². The Morgan fingerprint density at radius 3 is 2.80 bits per heavy atom. The first kappa shape index (κ1) is 14.0. The number of rotatable bonds is 2. The Hall–Kier alpha value is -2.37. The third kappa shape index (κ3) is 2.96. The number of carboxylic acids is 1. The summed E-state index contributed by atoms with van der Waals surface area (Å²) in [5.74, 6) is -2.04. The molecule has 1 heterocycles. The van der Waals surface area contributed by atoms with E-state index in [0.717, 1.165) is 18.1 Å². The van der Waals surface area contributed by atoms with Crippen molar-refractivity contribution in [3.63, 3.8) is 0 Å². The van der Waals surface area contributed by atoms with Crippen LogP contribution in [0.4, 0.5) is 14.9 Å². The van der Waals surface area contributed by atoms with Gasteiger partial charge in [0.1, 0.15) is 5.82 Å². The van der Waals surface area contributed by atoms with E-state index in [2.05, 4.69) is 5.32 Å². The van der Waals surface area contributed by atoms with Crippen LogP contribution in [0, 0.1) is 5.82 Å². The van der Waals surface area contributed by atoms with E-state index in [1.54, 1.807) is 0 Å². The molecule has 6 heteroatoms. The Bertz CT molecular complexity index is 584. The first-order chi connectivity index (χ1) is 9.49. The van der Waals surface area contributed by atoms with Crippen molar-refractivity contribution in [3.8, 4) is 0 Å². The number of amides is 2. The van der Waals surface area contributed by atoms with E-state index in [4.69, 9.17) is 5.11 Å². The highest BCUT2D eigenvalue weighted by Gasteiger charge is 2.21. The molecule has 5 nitrogen and oxygen atoms in total. The molecule has 1 aliphatic rings. The number of hydrogen-bond acceptors (Lipinski definition) is 2. The van der Waals surface area contributed by atoms with Crippen molar-refractivity contribution in [2.24, 2.45) is 0 Å². The minimum atomic E-state index is -1.28. The van der Waals surface area contributed by atoms with Gasteiger partial charge in [-0.25, -0.2) is 14.0 Å². The maximum Gasteiger partial charge on any atom is 0.337 e. The summed E-state index contributed by atoms with van der Waals surface area (Å²) in [4.78, 5) is 24.6. The zero-order chi connectivity index (χ0) is 14.7. The van der Waals surface area contributed by atoms with Gasteiger partial charge in [0.15, 0.2) is 0 Å². The number of para-hydroxylation sites is 1. The van der Waals surface area contributed by atoms with Gasteiger partial charge < -0.3 is 15.3 Å². The van der Waals surface area contributed by atoms with E-state index in [-0.39, 0.29) is 11.3 Å². The van der Waals surface area contributed by atoms with Gasteiger partial charge in [-0.05, 0) is 25.5 Å². The molecule has 0 aromatic heterocycles. The molecule has 2 N–H and O–H groups in total. The molecule has 2 amide bonds. The summed E-state index contributed by atoms with van der Waals surface area (Å²) in [6, 6.07) is 3.17. The Balaban J connectivity index is 2.20. The van der Waals surface area contributed by atoms with Crippen molar-refractivity contribution in [1.29, 1.82) is 0 Å². The van der Waals surface area contributed by atoms with E-state index in [1.165, 1.54) is 17.0 Å². The standard InChI is InChI=1S/C14H15FN2O3/c1-9-4-3-7-17(8-9)14(20)16-12-10(13(18)19)5-2-6-11(12)15/h2,4-6H,3,7-8H2,1H3,(H,16,20)(H,18,19). The molecular formula is C14H15FN2O3. The van der Waals surface area contributed by atoms with Crippen LogP contribution < -0.4 is 5.32 Å². The summed E-state index contributed by atoms with van der Waals surface area (Å²) >= 11 is 0. The van der Waals surface area contributed by atoms with E-state index in [1.807, 2.05) is 13.0 Å². The van der Waals surface area contributed by atoms with Gasteiger partial charge in [-0.2, -0.15) is 0 Å². The second-order valence-electron chi connectivity index (χ2n) is 4.66. The van der Waals surface area contributed by atoms with Crippen LogP contribution >= 0.6 is 0 Å². The average molecular weight is 278 g/mol. The van der Waals surface area contributed by atoms with Crippen molar-refractivity contribution >= 4 is 17.7 Å². The van der Waals surface area contributed by atoms with Crippen LogP contribution in [0.25, 0.3) is 0 Å². The van der Waals surface area contributed by atoms with E-state index >= 15 is 0 Å². The number of aromatic carboxylic acids is 1. The molecule has 1 aromatic rings. The molecule has 106 valence electrons. The van der Waals surface area contributed by atoms with Gasteiger partial charge in [0.2, 0.25) is 0 Å². The molecule has 1 aromatic carbocycles. The summed E-state index contributed by atoms with van der Waals surface area (Å²) in [5.41, 5.74) is 0.498. The number of carboxylic acid groups (broad SMARTS) is 1. The number of nitrogens with zero attached hydrogens (tertiary/aromatic N) is 1. The number of nitrogens with one attached hydrogen (secondary N) is 1. The Morgan fingerprint density at radius 1 is 1.40 bits per heavy atom. The maximum absolute atomic E-state index is 13.7. The third-order valence-electron chi connectivity index (χ3n) is 3.10. The molecule has 0 fully saturated rings. The zero-order valence-electron chi connectivity index (χ0n) is 11.0. The summed E-state index contributed by atoms with van der Waals surface area (Å²) in [6.45, 7) is 2.90. The van der Waals surface area contributed by atoms with Crippen molar-refractivity contribution in [1.82, 2.24) is 4.90 Å². The number of benzene rings is 1. The largest absolute Gasteiger partial charge is 0.478 e. The first-order valence-corrected chi connectivity index (χ1v) is 6.22. The number of carbonyl (C=O) groups excluding carboxylic acids is 1. The second-order valence-corrected chi connectivity index (χ2v) is 4.66. The van der Waals surface area contributed by atoms with E-state index in [9.17, 15) is 14.0 Å². The third-order valence-corrected chi connectivity index (χ3v) is 3.10. The summed E-state index contributed by atoms with van der Waals surface area (Å²) in [7, 11) is 0. The molecule has 0 saturated heterocycles. The fourth-order valence-electron chi connectivity index (χ4n) is 2.10. The number of hydrogen-bond donors (Lipinski definition) is 2. The average Bonchev–Trinajstić information content (AvgIpc) is 2.40. The van der Waals surface area contributed by atoms with Gasteiger partial charge in [0, 0.05) is 13.1 Å². The highest BCUT2D eigenvalue weighted by atomic mass is 19.1. The van der Waals surface area contributed by atoms with Gasteiger partial charge in [0.05, 0.1) is 11.3 Å². The van der Waals surface area contributed by atoms with Crippen LogP contribution in [-0.2, 0) is 0 Å². The second kappa shape index (κ2) is 5.73. The topological polar surface area (TPSA) is 69.6 Å². The lowest BCUT2D eigenvalue weighted by Gasteiger charge is -2.26. The molecule has 0 aliphatic carbocycles. The minimum Gasteiger partial charge on any atom is -0.478 e. The molecule has 0 spiro atoms. The highest BCUT2D eigenvalue weighted by molar-refractivity contribution is 6.00. The van der Waals surface area contributed by atoms with Crippen LogP contribution in [-0.4, -0.2) is 35.1 Å². The Kier molecular flexibility index (Phi) is 4.02. The smallest absolute Gasteiger partial charge is 0.337 e. The van der Waals surface area contributed by atoms with Crippen LogP contribution in [0.15, 0.2) is 29.8 Å². The van der Waals surface area contributed by atoms with Gasteiger partial charge >= 0.3 is 12.0 Å². The molecule has 0 bridgehead atoms.